The van der Waals surface area contributed by atoms with Gasteiger partial charge in [0.25, 0.3) is 0 Å². The Morgan fingerprint density at radius 1 is 1.33 bits per heavy atom. The Morgan fingerprint density at radius 3 is 3.11 bits per heavy atom. The van der Waals surface area contributed by atoms with Gasteiger partial charge in [-0.1, -0.05) is 24.4 Å². The average molecular weight is 269 g/mol. The number of hydrogen-bond donors (Lipinski definition) is 1. The number of nitrogens with zero attached hydrogens (tertiary/aromatic N) is 1. The largest absolute Gasteiger partial charge is 0.439 e. The molecule has 0 bridgehead atoms. The Balaban J connectivity index is 1.96. The first kappa shape index (κ1) is 11.9. The first-order valence-corrected chi connectivity index (χ1v) is 6.61. The number of benzene rings is 1. The van der Waals surface area contributed by atoms with Crippen LogP contribution in [-0.2, 0) is 0 Å². The van der Waals surface area contributed by atoms with E-state index in [0.717, 1.165) is 19.4 Å². The molecule has 2 aromatic rings. The summed E-state index contributed by atoms with van der Waals surface area (Å²) in [4.78, 5) is 4.40. The van der Waals surface area contributed by atoms with E-state index in [1.807, 2.05) is 0 Å². The minimum Gasteiger partial charge on any atom is -0.439 e. The minimum absolute atomic E-state index is 0.0798. The third-order valence-electron chi connectivity index (χ3n) is 3.31. The van der Waals surface area contributed by atoms with Crippen LogP contribution in [-0.4, -0.2) is 11.5 Å². The van der Waals surface area contributed by atoms with E-state index in [9.17, 15) is 4.39 Å². The van der Waals surface area contributed by atoms with Crippen LogP contribution in [0.2, 0.25) is 5.02 Å². The van der Waals surface area contributed by atoms with Crippen molar-refractivity contribution < 1.29 is 8.81 Å². The molecule has 1 aliphatic heterocycles. The number of halogens is 2. The number of fused-ring (bicyclic) bond motifs is 1. The summed E-state index contributed by atoms with van der Waals surface area (Å²) in [5.41, 5.74) is 1.07. The van der Waals surface area contributed by atoms with E-state index in [2.05, 4.69) is 10.3 Å². The van der Waals surface area contributed by atoms with E-state index in [1.54, 1.807) is 0 Å². The first-order valence-electron chi connectivity index (χ1n) is 6.23. The Bertz CT molecular complexity index is 522. The van der Waals surface area contributed by atoms with E-state index in [4.69, 9.17) is 16.0 Å². The summed E-state index contributed by atoms with van der Waals surface area (Å²) in [7, 11) is 0. The average Bonchev–Trinajstić information content (AvgIpc) is 2.60. The molecular formula is C13H14ClFN2O. The SMILES string of the molecule is Fc1cc2oc(C3CCCCCN3)nc2cc1Cl. The van der Waals surface area contributed by atoms with E-state index in [-0.39, 0.29) is 11.1 Å². The smallest absolute Gasteiger partial charge is 0.212 e. The second-order valence-corrected chi connectivity index (χ2v) is 5.05. The van der Waals surface area contributed by atoms with Crippen LogP contribution in [0.25, 0.3) is 11.1 Å². The Labute approximate surface area is 109 Å². The fraction of sp³-hybridized carbons (Fsp3) is 0.462. The molecule has 0 aliphatic carbocycles. The molecule has 1 N–H and O–H groups in total. The molecule has 1 aromatic heterocycles. The lowest BCUT2D eigenvalue weighted by molar-refractivity contribution is 0.409. The highest BCUT2D eigenvalue weighted by atomic mass is 35.5. The zero-order chi connectivity index (χ0) is 12.5. The van der Waals surface area contributed by atoms with Crippen molar-refractivity contribution in [1.82, 2.24) is 10.3 Å². The van der Waals surface area contributed by atoms with Crippen LogP contribution in [0.1, 0.15) is 37.6 Å². The maximum absolute atomic E-state index is 13.3. The van der Waals surface area contributed by atoms with Crippen LogP contribution in [0, 0.1) is 5.82 Å². The lowest BCUT2D eigenvalue weighted by Gasteiger charge is -2.10. The molecule has 5 heteroatoms. The maximum Gasteiger partial charge on any atom is 0.212 e. The maximum atomic E-state index is 13.3. The zero-order valence-electron chi connectivity index (χ0n) is 9.88. The van der Waals surface area contributed by atoms with Crippen molar-refractivity contribution in [2.75, 3.05) is 6.54 Å². The number of nitrogens with one attached hydrogen (secondary N) is 1. The van der Waals surface area contributed by atoms with Gasteiger partial charge in [0.15, 0.2) is 5.58 Å². The Hall–Kier alpha value is -1.13. The van der Waals surface area contributed by atoms with Crippen molar-refractivity contribution >= 4 is 22.7 Å². The third kappa shape index (κ3) is 2.22. The van der Waals surface area contributed by atoms with Gasteiger partial charge in [-0.05, 0) is 25.5 Å². The number of hydrogen-bond acceptors (Lipinski definition) is 3. The van der Waals surface area contributed by atoms with Gasteiger partial charge in [-0.25, -0.2) is 9.37 Å². The summed E-state index contributed by atoms with van der Waals surface area (Å²) in [5, 5.41) is 3.48. The summed E-state index contributed by atoms with van der Waals surface area (Å²) >= 11 is 5.74. The van der Waals surface area contributed by atoms with E-state index in [1.165, 1.54) is 25.0 Å². The number of rotatable bonds is 1. The molecule has 1 atom stereocenters. The van der Waals surface area contributed by atoms with Gasteiger partial charge in [0.2, 0.25) is 5.89 Å². The molecular weight excluding hydrogens is 255 g/mol. The van der Waals surface area contributed by atoms with Gasteiger partial charge in [-0.2, -0.15) is 0 Å². The van der Waals surface area contributed by atoms with Crippen molar-refractivity contribution in [2.24, 2.45) is 0 Å². The van der Waals surface area contributed by atoms with Crippen LogP contribution in [0.4, 0.5) is 4.39 Å². The van der Waals surface area contributed by atoms with Crippen LogP contribution < -0.4 is 5.32 Å². The second kappa shape index (κ2) is 4.86. The summed E-state index contributed by atoms with van der Waals surface area (Å²) in [6.45, 7) is 0.971. The second-order valence-electron chi connectivity index (χ2n) is 4.64. The molecule has 2 heterocycles. The molecule has 96 valence electrons. The molecule has 3 rings (SSSR count). The predicted octanol–water partition coefficient (Wildman–Crippen LogP) is 3.83. The van der Waals surface area contributed by atoms with Gasteiger partial charge in [0.1, 0.15) is 11.3 Å². The normalized spacial score (nSPS) is 21.1. The lowest BCUT2D eigenvalue weighted by atomic mass is 10.1. The number of aromatic nitrogens is 1. The molecule has 18 heavy (non-hydrogen) atoms. The fourth-order valence-corrected chi connectivity index (χ4v) is 2.49. The van der Waals surface area contributed by atoms with Gasteiger partial charge in [0, 0.05) is 6.07 Å². The molecule has 0 amide bonds. The summed E-state index contributed by atoms with van der Waals surface area (Å²) < 4.78 is 19.0. The van der Waals surface area contributed by atoms with Crippen molar-refractivity contribution in [3.05, 3.63) is 28.9 Å². The molecule has 1 fully saturated rings. The van der Waals surface area contributed by atoms with Gasteiger partial charge >= 0.3 is 0 Å². The topological polar surface area (TPSA) is 38.1 Å². The van der Waals surface area contributed by atoms with E-state index in [0.29, 0.717) is 17.0 Å². The van der Waals surface area contributed by atoms with Crippen molar-refractivity contribution in [3.63, 3.8) is 0 Å². The standard InChI is InChI=1S/C13H14ClFN2O/c14-8-6-11-12(7-9(8)15)18-13(17-11)10-4-2-1-3-5-16-10/h6-7,10,16H,1-5H2. The van der Waals surface area contributed by atoms with Crippen molar-refractivity contribution in [1.29, 1.82) is 0 Å². The fourth-order valence-electron chi connectivity index (χ4n) is 2.33. The van der Waals surface area contributed by atoms with E-state index >= 15 is 0 Å². The Morgan fingerprint density at radius 2 is 2.22 bits per heavy atom. The monoisotopic (exact) mass is 268 g/mol. The molecule has 1 unspecified atom stereocenters. The van der Waals surface area contributed by atoms with Crippen molar-refractivity contribution in [3.8, 4) is 0 Å². The summed E-state index contributed by atoms with van der Waals surface area (Å²) in [5.74, 6) is 0.161. The molecule has 1 aromatic carbocycles. The zero-order valence-corrected chi connectivity index (χ0v) is 10.6. The van der Waals surface area contributed by atoms with Crippen LogP contribution in [0.3, 0.4) is 0 Å². The molecule has 0 radical (unpaired) electrons. The molecule has 1 aliphatic rings. The molecule has 3 nitrogen and oxygen atoms in total. The highest BCUT2D eigenvalue weighted by Gasteiger charge is 2.20. The van der Waals surface area contributed by atoms with Crippen LogP contribution >= 0.6 is 11.6 Å². The summed E-state index contributed by atoms with van der Waals surface area (Å²) in [6.07, 6.45) is 4.57. The van der Waals surface area contributed by atoms with Crippen LogP contribution in [0.5, 0.6) is 0 Å². The van der Waals surface area contributed by atoms with Gasteiger partial charge < -0.3 is 9.73 Å². The van der Waals surface area contributed by atoms with Crippen molar-refractivity contribution in [2.45, 2.75) is 31.7 Å². The number of oxazole rings is 1. The molecule has 0 spiro atoms. The van der Waals surface area contributed by atoms with Gasteiger partial charge in [-0.15, -0.1) is 0 Å². The molecule has 0 saturated carbocycles. The quantitative estimate of drug-likeness (QED) is 0.854. The van der Waals surface area contributed by atoms with Crippen LogP contribution in [0.15, 0.2) is 16.5 Å². The lowest BCUT2D eigenvalue weighted by Crippen LogP contribution is -2.20. The third-order valence-corrected chi connectivity index (χ3v) is 3.60. The highest BCUT2D eigenvalue weighted by Crippen LogP contribution is 2.28. The predicted molar refractivity (Wildman–Crippen MR) is 68.2 cm³/mol. The van der Waals surface area contributed by atoms with Gasteiger partial charge in [-0.3, -0.25) is 0 Å². The van der Waals surface area contributed by atoms with E-state index < -0.39 is 5.82 Å². The Kier molecular flexibility index (Phi) is 3.22. The minimum atomic E-state index is -0.472. The van der Waals surface area contributed by atoms with Gasteiger partial charge in [0.05, 0.1) is 11.1 Å². The summed E-state index contributed by atoms with van der Waals surface area (Å²) in [6, 6.07) is 2.93. The highest BCUT2D eigenvalue weighted by molar-refractivity contribution is 6.31. The molecule has 1 saturated heterocycles. The first-order chi connectivity index (χ1) is 8.74.